The summed E-state index contributed by atoms with van der Waals surface area (Å²) in [5.41, 5.74) is 5.37. The quantitative estimate of drug-likeness (QED) is 0.743. The molecule has 0 amide bonds. The normalized spacial score (nSPS) is 10.4. The Morgan fingerprint density at radius 2 is 2.36 bits per heavy atom. The van der Waals surface area contributed by atoms with E-state index in [1.165, 1.54) is 11.1 Å². The van der Waals surface area contributed by atoms with Crippen LogP contribution in [0.4, 0.5) is 0 Å². The first kappa shape index (κ1) is 9.41. The predicted molar refractivity (Wildman–Crippen MR) is 59.3 cm³/mol. The van der Waals surface area contributed by atoms with Gasteiger partial charge in [0.25, 0.3) is 0 Å². The van der Waals surface area contributed by atoms with E-state index in [-0.39, 0.29) is 0 Å². The number of hydrogen-bond donors (Lipinski definition) is 0. The van der Waals surface area contributed by atoms with Crippen LogP contribution in [0.15, 0.2) is 35.2 Å². The maximum Gasteiger partial charge on any atom is 0.0794 e. The molecule has 0 aliphatic rings. The minimum Gasteiger partial charge on any atom is -0.249 e. The van der Waals surface area contributed by atoms with Gasteiger partial charge in [-0.25, -0.2) is 4.98 Å². The van der Waals surface area contributed by atoms with Crippen LogP contribution in [0.1, 0.15) is 16.8 Å². The van der Waals surface area contributed by atoms with Gasteiger partial charge >= 0.3 is 0 Å². The van der Waals surface area contributed by atoms with Gasteiger partial charge in [-0.2, -0.15) is 0 Å². The van der Waals surface area contributed by atoms with Crippen LogP contribution in [0.2, 0.25) is 0 Å². The largest absolute Gasteiger partial charge is 0.249 e. The Morgan fingerprint density at radius 3 is 3.07 bits per heavy atom. The second kappa shape index (κ2) is 4.38. The van der Waals surface area contributed by atoms with Gasteiger partial charge in [-0.3, -0.25) is 0 Å². The molecule has 2 rings (SSSR count). The van der Waals surface area contributed by atoms with E-state index in [0.29, 0.717) is 0 Å². The number of benzene rings is 1. The summed E-state index contributed by atoms with van der Waals surface area (Å²) in [5.74, 6) is 0. The molecule has 70 valence electrons. The highest BCUT2D eigenvalue weighted by molar-refractivity contribution is 7.07. The van der Waals surface area contributed by atoms with Crippen molar-refractivity contribution in [3.8, 4) is 0 Å². The molecule has 1 aromatic carbocycles. The van der Waals surface area contributed by atoms with Crippen LogP contribution in [0.25, 0.3) is 0 Å². The van der Waals surface area contributed by atoms with E-state index in [4.69, 9.17) is 0 Å². The Bertz CT molecular complexity index is 392. The molecule has 0 N–H and O–H groups in total. The molecular formula is C12H11NS. The van der Waals surface area contributed by atoms with Crippen LogP contribution in [-0.2, 0) is 6.42 Å². The third-order valence-electron chi connectivity index (χ3n) is 1.99. The Hall–Kier alpha value is -1.15. The maximum atomic E-state index is 4.16. The smallest absolute Gasteiger partial charge is 0.0794 e. The van der Waals surface area contributed by atoms with Crippen LogP contribution >= 0.6 is 11.3 Å². The molecule has 1 heterocycles. The molecule has 0 saturated carbocycles. The van der Waals surface area contributed by atoms with Gasteiger partial charge in [-0.15, -0.1) is 11.3 Å². The van der Waals surface area contributed by atoms with Crippen LogP contribution < -0.4 is 0 Å². The molecule has 2 aromatic rings. The van der Waals surface area contributed by atoms with Gasteiger partial charge in [0.2, 0.25) is 0 Å². The number of nitrogens with zero attached hydrogens (tertiary/aromatic N) is 1. The zero-order valence-corrected chi connectivity index (χ0v) is 8.84. The first-order valence-corrected chi connectivity index (χ1v) is 5.46. The van der Waals surface area contributed by atoms with Gasteiger partial charge in [0.15, 0.2) is 0 Å². The lowest BCUT2D eigenvalue weighted by atomic mass is 10.1. The maximum absolute atomic E-state index is 4.16. The van der Waals surface area contributed by atoms with Crippen molar-refractivity contribution in [2.24, 2.45) is 0 Å². The van der Waals surface area contributed by atoms with Crippen molar-refractivity contribution in [1.29, 1.82) is 0 Å². The number of hydrogen-bond acceptors (Lipinski definition) is 2. The number of aryl methyl sites for hydroxylation is 1. The van der Waals surface area contributed by atoms with E-state index in [9.17, 15) is 0 Å². The fraction of sp³-hybridized carbons (Fsp3) is 0.167. The highest BCUT2D eigenvalue weighted by Gasteiger charge is 1.98. The molecule has 0 fully saturated rings. The molecule has 0 aliphatic carbocycles. The van der Waals surface area contributed by atoms with Crippen LogP contribution in [-0.4, -0.2) is 4.98 Å². The number of aromatic nitrogens is 1. The van der Waals surface area contributed by atoms with E-state index in [2.05, 4.69) is 42.6 Å². The summed E-state index contributed by atoms with van der Waals surface area (Å²) < 4.78 is 0. The summed E-state index contributed by atoms with van der Waals surface area (Å²) in [4.78, 5) is 4.16. The van der Waals surface area contributed by atoms with Crippen molar-refractivity contribution < 1.29 is 0 Å². The van der Waals surface area contributed by atoms with Gasteiger partial charge in [-0.1, -0.05) is 29.8 Å². The van der Waals surface area contributed by atoms with Gasteiger partial charge in [0.1, 0.15) is 0 Å². The first-order valence-electron chi connectivity index (χ1n) is 4.52. The fourth-order valence-electron chi connectivity index (χ4n) is 1.31. The third kappa shape index (κ3) is 2.42. The standard InChI is InChI=1S/C12H11NS/c1-10-3-2-4-11(7-10)5-6-12-8-14-9-13-12/h2-4,7-9H,5H2,1H3. The SMILES string of the molecule is Cc1cccc(C[C]c2cscn2)c1. The summed E-state index contributed by atoms with van der Waals surface area (Å²) in [7, 11) is 0. The van der Waals surface area contributed by atoms with Crippen molar-refractivity contribution in [2.75, 3.05) is 0 Å². The van der Waals surface area contributed by atoms with Crippen molar-refractivity contribution in [3.05, 3.63) is 58.4 Å². The lowest BCUT2D eigenvalue weighted by Crippen LogP contribution is -1.88. The molecular weight excluding hydrogens is 190 g/mol. The molecule has 0 saturated heterocycles. The monoisotopic (exact) mass is 201 g/mol. The van der Waals surface area contributed by atoms with Gasteiger partial charge in [0, 0.05) is 11.8 Å². The molecule has 0 unspecified atom stereocenters. The Labute approximate surface area is 88.4 Å². The second-order valence-corrected chi connectivity index (χ2v) is 3.93. The summed E-state index contributed by atoms with van der Waals surface area (Å²) in [5, 5.41) is 2.01. The van der Waals surface area contributed by atoms with Crippen molar-refractivity contribution >= 4 is 11.3 Å². The molecule has 1 nitrogen and oxygen atoms in total. The lowest BCUT2D eigenvalue weighted by molar-refractivity contribution is 1.12. The van der Waals surface area contributed by atoms with E-state index < -0.39 is 0 Å². The zero-order chi connectivity index (χ0) is 9.80. The van der Waals surface area contributed by atoms with E-state index in [0.717, 1.165) is 12.1 Å². The highest BCUT2D eigenvalue weighted by Crippen LogP contribution is 2.10. The second-order valence-electron chi connectivity index (χ2n) is 3.22. The molecule has 2 radical (unpaired) electrons. The zero-order valence-electron chi connectivity index (χ0n) is 8.03. The molecule has 1 aromatic heterocycles. The Balaban J connectivity index is 1.98. The van der Waals surface area contributed by atoms with Gasteiger partial charge < -0.3 is 0 Å². The van der Waals surface area contributed by atoms with Crippen LogP contribution in [0, 0.1) is 13.3 Å². The molecule has 0 aliphatic heterocycles. The summed E-state index contributed by atoms with van der Waals surface area (Å²) in [6.07, 6.45) is 4.11. The molecule has 0 atom stereocenters. The van der Waals surface area contributed by atoms with Crippen LogP contribution in [0.3, 0.4) is 0 Å². The molecule has 0 bridgehead atoms. The van der Waals surface area contributed by atoms with E-state index in [1.54, 1.807) is 11.3 Å². The molecule has 0 spiro atoms. The van der Waals surface area contributed by atoms with Gasteiger partial charge in [0.05, 0.1) is 11.2 Å². The average Bonchev–Trinajstić information content (AvgIpc) is 2.67. The van der Waals surface area contributed by atoms with Crippen molar-refractivity contribution in [1.82, 2.24) is 4.98 Å². The predicted octanol–water partition coefficient (Wildman–Crippen LogP) is 3.12. The number of thiazole rings is 1. The molecule has 2 heteroatoms. The van der Waals surface area contributed by atoms with Crippen LogP contribution in [0.5, 0.6) is 0 Å². The van der Waals surface area contributed by atoms with Gasteiger partial charge in [-0.05, 0) is 18.9 Å². The Morgan fingerprint density at radius 1 is 1.43 bits per heavy atom. The topological polar surface area (TPSA) is 12.9 Å². The number of rotatable bonds is 3. The minimum atomic E-state index is 0.839. The highest BCUT2D eigenvalue weighted by atomic mass is 32.1. The first-order chi connectivity index (χ1) is 6.84. The average molecular weight is 201 g/mol. The summed E-state index contributed by atoms with van der Waals surface area (Å²) in [6.45, 7) is 2.10. The summed E-state index contributed by atoms with van der Waals surface area (Å²) >= 11 is 1.60. The fourth-order valence-corrected chi connectivity index (χ4v) is 1.82. The lowest BCUT2D eigenvalue weighted by Gasteiger charge is -1.99. The minimum absolute atomic E-state index is 0.839. The van der Waals surface area contributed by atoms with E-state index >= 15 is 0 Å². The Kier molecular flexibility index (Phi) is 2.94. The van der Waals surface area contributed by atoms with Crippen molar-refractivity contribution in [2.45, 2.75) is 13.3 Å². The third-order valence-corrected chi connectivity index (χ3v) is 2.57. The van der Waals surface area contributed by atoms with Crippen molar-refractivity contribution in [3.63, 3.8) is 0 Å². The molecule has 14 heavy (non-hydrogen) atoms. The van der Waals surface area contributed by atoms with E-state index in [1.807, 2.05) is 10.9 Å². The summed E-state index contributed by atoms with van der Waals surface area (Å²) in [6, 6.07) is 8.48.